The van der Waals surface area contributed by atoms with Crippen LogP contribution in [0.5, 0.6) is 0 Å². The van der Waals surface area contributed by atoms with Crippen molar-refractivity contribution in [2.24, 2.45) is 0 Å². The van der Waals surface area contributed by atoms with Crippen LogP contribution in [-0.4, -0.2) is 5.91 Å². The van der Waals surface area contributed by atoms with Gasteiger partial charge in [0.1, 0.15) is 5.82 Å². The van der Waals surface area contributed by atoms with Crippen LogP contribution in [0.1, 0.15) is 15.9 Å². The number of halogens is 2. The van der Waals surface area contributed by atoms with Crippen LogP contribution in [-0.2, 0) is 0 Å². The van der Waals surface area contributed by atoms with Gasteiger partial charge < -0.3 is 5.32 Å². The topological polar surface area (TPSA) is 29.1 Å². The highest BCUT2D eigenvalue weighted by atomic mass is 127. The average molecular weight is 355 g/mol. The fourth-order valence-electron chi connectivity index (χ4n) is 1.58. The number of rotatable bonds is 2. The molecular weight excluding hydrogens is 344 g/mol. The van der Waals surface area contributed by atoms with Crippen molar-refractivity contribution in [2.75, 3.05) is 5.32 Å². The highest BCUT2D eigenvalue weighted by Gasteiger charge is 2.11. The van der Waals surface area contributed by atoms with Crippen LogP contribution in [0.25, 0.3) is 0 Å². The lowest BCUT2D eigenvalue weighted by molar-refractivity contribution is 0.102. The summed E-state index contributed by atoms with van der Waals surface area (Å²) >= 11 is 2.10. The number of amides is 1. The summed E-state index contributed by atoms with van der Waals surface area (Å²) in [7, 11) is 0. The SMILES string of the molecule is Cc1c(F)cccc1NC(=O)c1ccccc1I. The summed E-state index contributed by atoms with van der Waals surface area (Å²) in [5.74, 6) is -0.552. The minimum Gasteiger partial charge on any atom is -0.322 e. The van der Waals surface area contributed by atoms with Crippen molar-refractivity contribution in [1.82, 2.24) is 0 Å². The molecule has 0 aliphatic heterocycles. The molecule has 92 valence electrons. The quantitative estimate of drug-likeness (QED) is 0.811. The van der Waals surface area contributed by atoms with Gasteiger partial charge in [-0.05, 0) is 53.8 Å². The molecule has 0 fully saturated rings. The van der Waals surface area contributed by atoms with E-state index in [2.05, 4.69) is 27.9 Å². The van der Waals surface area contributed by atoms with E-state index in [1.165, 1.54) is 6.07 Å². The Morgan fingerprint density at radius 2 is 1.89 bits per heavy atom. The third-order valence-electron chi connectivity index (χ3n) is 2.63. The first-order valence-electron chi connectivity index (χ1n) is 5.40. The average Bonchev–Trinajstić information content (AvgIpc) is 2.35. The first kappa shape index (κ1) is 13.0. The van der Waals surface area contributed by atoms with E-state index >= 15 is 0 Å². The molecule has 0 saturated heterocycles. The lowest BCUT2D eigenvalue weighted by Gasteiger charge is -2.09. The minimum absolute atomic E-state index is 0.228. The monoisotopic (exact) mass is 355 g/mol. The van der Waals surface area contributed by atoms with E-state index < -0.39 is 0 Å². The van der Waals surface area contributed by atoms with Crippen molar-refractivity contribution in [3.05, 3.63) is 63.0 Å². The molecule has 0 spiro atoms. The highest BCUT2D eigenvalue weighted by molar-refractivity contribution is 14.1. The van der Waals surface area contributed by atoms with Crippen molar-refractivity contribution < 1.29 is 9.18 Å². The predicted octanol–water partition coefficient (Wildman–Crippen LogP) is 3.99. The predicted molar refractivity (Wildman–Crippen MR) is 78.2 cm³/mol. The Bertz CT molecular complexity index is 598. The Balaban J connectivity index is 2.27. The third kappa shape index (κ3) is 2.69. The second kappa shape index (κ2) is 5.48. The maximum absolute atomic E-state index is 13.4. The van der Waals surface area contributed by atoms with E-state index in [1.54, 1.807) is 31.2 Å². The number of benzene rings is 2. The molecule has 0 aliphatic rings. The second-order valence-corrected chi connectivity index (χ2v) is 5.01. The van der Waals surface area contributed by atoms with Crippen LogP contribution < -0.4 is 5.32 Å². The molecule has 1 amide bonds. The van der Waals surface area contributed by atoms with Crippen LogP contribution in [0, 0.1) is 16.3 Å². The molecule has 2 nitrogen and oxygen atoms in total. The van der Waals surface area contributed by atoms with Gasteiger partial charge >= 0.3 is 0 Å². The van der Waals surface area contributed by atoms with Gasteiger partial charge in [-0.3, -0.25) is 4.79 Å². The van der Waals surface area contributed by atoms with E-state index in [0.29, 0.717) is 16.8 Å². The van der Waals surface area contributed by atoms with Gasteiger partial charge in [-0.15, -0.1) is 0 Å². The van der Waals surface area contributed by atoms with E-state index in [1.807, 2.05) is 12.1 Å². The lowest BCUT2D eigenvalue weighted by Crippen LogP contribution is -2.14. The molecule has 2 aromatic rings. The van der Waals surface area contributed by atoms with Gasteiger partial charge in [0.25, 0.3) is 5.91 Å². The molecule has 1 N–H and O–H groups in total. The summed E-state index contributed by atoms with van der Waals surface area (Å²) < 4.78 is 14.2. The fraction of sp³-hybridized carbons (Fsp3) is 0.0714. The Morgan fingerprint density at radius 3 is 2.61 bits per heavy atom. The molecule has 0 aliphatic carbocycles. The Hall–Kier alpha value is -1.43. The van der Waals surface area contributed by atoms with Crippen LogP contribution in [0.2, 0.25) is 0 Å². The van der Waals surface area contributed by atoms with Crippen molar-refractivity contribution in [3.8, 4) is 0 Å². The third-order valence-corrected chi connectivity index (χ3v) is 3.58. The van der Waals surface area contributed by atoms with Gasteiger partial charge in [0.2, 0.25) is 0 Å². The maximum atomic E-state index is 13.4. The van der Waals surface area contributed by atoms with Crippen LogP contribution in [0.15, 0.2) is 42.5 Å². The lowest BCUT2D eigenvalue weighted by atomic mass is 10.1. The van der Waals surface area contributed by atoms with Crippen molar-refractivity contribution >= 4 is 34.2 Å². The molecule has 0 atom stereocenters. The zero-order valence-electron chi connectivity index (χ0n) is 9.71. The number of anilines is 1. The zero-order valence-corrected chi connectivity index (χ0v) is 11.9. The maximum Gasteiger partial charge on any atom is 0.256 e. The second-order valence-electron chi connectivity index (χ2n) is 3.85. The van der Waals surface area contributed by atoms with Crippen LogP contribution in [0.4, 0.5) is 10.1 Å². The van der Waals surface area contributed by atoms with Gasteiger partial charge in [0.15, 0.2) is 0 Å². The molecule has 0 saturated carbocycles. The molecule has 0 bridgehead atoms. The largest absolute Gasteiger partial charge is 0.322 e. The smallest absolute Gasteiger partial charge is 0.256 e. The molecule has 0 unspecified atom stereocenters. The van der Waals surface area contributed by atoms with Crippen molar-refractivity contribution in [3.63, 3.8) is 0 Å². The van der Waals surface area contributed by atoms with Gasteiger partial charge in [0.05, 0.1) is 5.56 Å². The Kier molecular flexibility index (Phi) is 3.96. The van der Waals surface area contributed by atoms with Crippen LogP contribution in [0.3, 0.4) is 0 Å². The number of hydrogen-bond donors (Lipinski definition) is 1. The Labute approximate surface area is 118 Å². The highest BCUT2D eigenvalue weighted by Crippen LogP contribution is 2.19. The van der Waals surface area contributed by atoms with E-state index in [4.69, 9.17) is 0 Å². The van der Waals surface area contributed by atoms with E-state index in [9.17, 15) is 9.18 Å². The number of carbonyl (C=O) groups is 1. The van der Waals surface area contributed by atoms with Crippen LogP contribution >= 0.6 is 22.6 Å². The van der Waals surface area contributed by atoms with E-state index in [0.717, 1.165) is 3.57 Å². The zero-order chi connectivity index (χ0) is 13.1. The number of nitrogens with one attached hydrogen (secondary N) is 1. The Morgan fingerprint density at radius 1 is 1.17 bits per heavy atom. The summed E-state index contributed by atoms with van der Waals surface area (Å²) in [6.07, 6.45) is 0. The molecule has 0 heterocycles. The number of hydrogen-bond acceptors (Lipinski definition) is 1. The molecule has 2 rings (SSSR count). The van der Waals surface area contributed by atoms with Gasteiger partial charge in [0, 0.05) is 14.8 Å². The molecule has 4 heteroatoms. The molecule has 0 aromatic heterocycles. The fourth-order valence-corrected chi connectivity index (χ4v) is 2.21. The summed E-state index contributed by atoms with van der Waals surface area (Å²) in [4.78, 5) is 12.1. The molecule has 2 aromatic carbocycles. The molecule has 0 radical (unpaired) electrons. The first-order chi connectivity index (χ1) is 8.59. The minimum atomic E-state index is -0.324. The van der Waals surface area contributed by atoms with Crippen molar-refractivity contribution in [1.29, 1.82) is 0 Å². The van der Waals surface area contributed by atoms with Gasteiger partial charge in [-0.25, -0.2) is 4.39 Å². The van der Waals surface area contributed by atoms with Gasteiger partial charge in [-0.1, -0.05) is 18.2 Å². The van der Waals surface area contributed by atoms with E-state index in [-0.39, 0.29) is 11.7 Å². The van der Waals surface area contributed by atoms with Crippen molar-refractivity contribution in [2.45, 2.75) is 6.92 Å². The molecular formula is C14H11FINO. The first-order valence-corrected chi connectivity index (χ1v) is 6.48. The standard InChI is InChI=1S/C14H11FINO/c1-9-11(15)6-4-8-13(9)17-14(18)10-5-2-3-7-12(10)16/h2-8H,1H3,(H,17,18). The number of carbonyl (C=O) groups excluding carboxylic acids is 1. The van der Waals surface area contributed by atoms with Gasteiger partial charge in [-0.2, -0.15) is 0 Å². The summed E-state index contributed by atoms with van der Waals surface area (Å²) in [6.45, 7) is 1.64. The summed E-state index contributed by atoms with van der Waals surface area (Å²) in [6, 6.07) is 11.9. The normalized spacial score (nSPS) is 10.2. The molecule has 18 heavy (non-hydrogen) atoms. The summed E-state index contributed by atoms with van der Waals surface area (Å²) in [5, 5.41) is 2.72. The summed E-state index contributed by atoms with van der Waals surface area (Å²) in [5.41, 5.74) is 1.53.